The first-order valence-electron chi connectivity index (χ1n) is 10.0. The molecule has 5 nitrogen and oxygen atoms in total. The maximum absolute atomic E-state index is 12.6. The maximum atomic E-state index is 12.6. The Hall–Kier alpha value is -3.21. The third kappa shape index (κ3) is 3.60. The second-order valence-electron chi connectivity index (χ2n) is 7.67. The molecule has 1 aliphatic rings. The smallest absolute Gasteiger partial charge is 0.345 e. The normalized spacial score (nSPS) is 16.5. The van der Waals surface area contributed by atoms with Gasteiger partial charge in [-0.05, 0) is 29.2 Å². The van der Waals surface area contributed by atoms with Crippen LogP contribution in [0.5, 0.6) is 0 Å². The number of carbonyl (C=O) groups excluding carboxylic acids is 1. The highest BCUT2D eigenvalue weighted by molar-refractivity contribution is 6.04. The van der Waals surface area contributed by atoms with E-state index in [0.29, 0.717) is 35.6 Å². The molecule has 2 heterocycles. The third-order valence-corrected chi connectivity index (χ3v) is 5.41. The summed E-state index contributed by atoms with van der Waals surface area (Å²) in [5.41, 5.74) is 3.38. The van der Waals surface area contributed by atoms with Crippen LogP contribution in [-0.4, -0.2) is 16.6 Å². The van der Waals surface area contributed by atoms with Crippen molar-refractivity contribution in [3.8, 4) is 0 Å². The van der Waals surface area contributed by atoms with E-state index in [1.165, 1.54) is 10.6 Å². The standard InChI is InChI=1S/C24H24N2O3/c1-4-23(27)26-21(17-11-9-16(10-12-17)15(2)3)14-20(25-26)19-13-18-7-5-6-8-22(18)29-24(19)28/h5-13,15,21H,4,14H2,1-3H3/t21-/m0/s1. The second-order valence-corrected chi connectivity index (χ2v) is 7.67. The zero-order valence-corrected chi connectivity index (χ0v) is 16.9. The fraction of sp³-hybridized carbons (Fsp3) is 0.292. The Kier molecular flexibility index (Phi) is 5.05. The first kappa shape index (κ1) is 19.1. The number of para-hydroxylation sites is 1. The van der Waals surface area contributed by atoms with Crippen LogP contribution in [-0.2, 0) is 4.79 Å². The molecule has 0 spiro atoms. The quantitative estimate of drug-likeness (QED) is 0.591. The molecule has 0 radical (unpaired) electrons. The minimum absolute atomic E-state index is 0.0666. The molecule has 0 unspecified atom stereocenters. The van der Waals surface area contributed by atoms with Crippen molar-refractivity contribution in [2.75, 3.05) is 0 Å². The Morgan fingerprint density at radius 1 is 1.17 bits per heavy atom. The van der Waals surface area contributed by atoms with Gasteiger partial charge in [0.05, 0.1) is 17.3 Å². The van der Waals surface area contributed by atoms with E-state index >= 15 is 0 Å². The highest BCUT2D eigenvalue weighted by Crippen LogP contribution is 2.33. The van der Waals surface area contributed by atoms with Crippen molar-refractivity contribution < 1.29 is 9.21 Å². The van der Waals surface area contributed by atoms with E-state index in [9.17, 15) is 9.59 Å². The number of amides is 1. The number of hydrazone groups is 1. The molecule has 4 rings (SSSR count). The number of nitrogens with zero attached hydrogens (tertiary/aromatic N) is 2. The van der Waals surface area contributed by atoms with Crippen LogP contribution in [0.25, 0.3) is 11.0 Å². The highest BCUT2D eigenvalue weighted by Gasteiger charge is 2.33. The number of carbonyl (C=O) groups is 1. The van der Waals surface area contributed by atoms with Gasteiger partial charge in [-0.2, -0.15) is 5.10 Å². The molecule has 148 valence electrons. The van der Waals surface area contributed by atoms with E-state index in [0.717, 1.165) is 10.9 Å². The zero-order chi connectivity index (χ0) is 20.5. The van der Waals surface area contributed by atoms with Crippen molar-refractivity contribution >= 4 is 22.6 Å². The Morgan fingerprint density at radius 2 is 1.90 bits per heavy atom. The molecule has 0 N–H and O–H groups in total. The molecule has 0 saturated carbocycles. The van der Waals surface area contributed by atoms with E-state index in [2.05, 4.69) is 43.2 Å². The van der Waals surface area contributed by atoms with E-state index < -0.39 is 5.63 Å². The summed E-state index contributed by atoms with van der Waals surface area (Å²) in [4.78, 5) is 25.1. The molecule has 1 atom stereocenters. The summed E-state index contributed by atoms with van der Waals surface area (Å²) >= 11 is 0. The Bertz CT molecular complexity index is 1140. The van der Waals surface area contributed by atoms with Crippen molar-refractivity contribution in [2.45, 2.75) is 45.6 Å². The van der Waals surface area contributed by atoms with Crippen molar-refractivity contribution in [3.63, 3.8) is 0 Å². The average molecular weight is 388 g/mol. The van der Waals surface area contributed by atoms with Crippen LogP contribution >= 0.6 is 0 Å². The van der Waals surface area contributed by atoms with Crippen LogP contribution in [0, 0.1) is 0 Å². The monoisotopic (exact) mass is 388 g/mol. The minimum Gasteiger partial charge on any atom is -0.422 e. The van der Waals surface area contributed by atoms with Crippen LogP contribution in [0.1, 0.15) is 62.3 Å². The lowest BCUT2D eigenvalue weighted by molar-refractivity contribution is -0.132. The summed E-state index contributed by atoms with van der Waals surface area (Å²) in [6.07, 6.45) is 0.833. The number of fused-ring (bicyclic) bond motifs is 1. The molecule has 5 heteroatoms. The molecule has 0 bridgehead atoms. The van der Waals surface area contributed by atoms with E-state index in [-0.39, 0.29) is 11.9 Å². The Balaban J connectivity index is 1.73. The summed E-state index contributed by atoms with van der Waals surface area (Å²) in [7, 11) is 0. The minimum atomic E-state index is -0.429. The van der Waals surface area contributed by atoms with E-state index in [1.54, 1.807) is 12.1 Å². The van der Waals surface area contributed by atoms with Gasteiger partial charge in [0.15, 0.2) is 0 Å². The molecule has 29 heavy (non-hydrogen) atoms. The maximum Gasteiger partial charge on any atom is 0.345 e. The average Bonchev–Trinajstić information content (AvgIpc) is 3.18. The lowest BCUT2D eigenvalue weighted by Crippen LogP contribution is -2.26. The molecule has 1 aliphatic heterocycles. The van der Waals surface area contributed by atoms with Crippen molar-refractivity contribution in [1.82, 2.24) is 5.01 Å². The zero-order valence-electron chi connectivity index (χ0n) is 16.9. The summed E-state index contributed by atoms with van der Waals surface area (Å²) in [6.45, 7) is 6.12. The van der Waals surface area contributed by atoms with Crippen molar-refractivity contribution in [2.24, 2.45) is 5.10 Å². The number of hydrogen-bond donors (Lipinski definition) is 0. The van der Waals surface area contributed by atoms with Gasteiger partial charge in [-0.25, -0.2) is 9.80 Å². The largest absolute Gasteiger partial charge is 0.422 e. The molecule has 1 amide bonds. The predicted molar refractivity (Wildman–Crippen MR) is 114 cm³/mol. The fourth-order valence-corrected chi connectivity index (χ4v) is 3.69. The summed E-state index contributed by atoms with van der Waals surface area (Å²) in [5, 5.41) is 6.91. The van der Waals surface area contributed by atoms with Crippen LogP contribution in [0.15, 0.2) is 68.9 Å². The molecule has 3 aromatic rings. The number of hydrogen-bond acceptors (Lipinski definition) is 4. The highest BCUT2D eigenvalue weighted by atomic mass is 16.4. The van der Waals surface area contributed by atoms with Gasteiger partial charge in [0.1, 0.15) is 5.58 Å². The van der Waals surface area contributed by atoms with Crippen LogP contribution in [0.2, 0.25) is 0 Å². The van der Waals surface area contributed by atoms with E-state index in [1.807, 2.05) is 25.1 Å². The van der Waals surface area contributed by atoms with Crippen molar-refractivity contribution in [1.29, 1.82) is 0 Å². The molecule has 2 aromatic carbocycles. The summed E-state index contributed by atoms with van der Waals surface area (Å²) < 4.78 is 5.47. The Labute approximate surface area is 169 Å². The van der Waals surface area contributed by atoms with E-state index in [4.69, 9.17) is 4.42 Å². The van der Waals surface area contributed by atoms with Gasteiger partial charge >= 0.3 is 5.63 Å². The lowest BCUT2D eigenvalue weighted by atomic mass is 9.95. The first-order chi connectivity index (χ1) is 14.0. The number of rotatable bonds is 4. The molecule has 0 saturated heterocycles. The Morgan fingerprint density at radius 3 is 2.59 bits per heavy atom. The van der Waals surface area contributed by atoms with Crippen molar-refractivity contribution in [3.05, 3.63) is 81.7 Å². The summed E-state index contributed by atoms with van der Waals surface area (Å²) in [6, 6.07) is 17.3. The van der Waals surface area contributed by atoms with Crippen LogP contribution in [0.3, 0.4) is 0 Å². The van der Waals surface area contributed by atoms with Gasteiger partial charge in [0, 0.05) is 18.2 Å². The lowest BCUT2D eigenvalue weighted by Gasteiger charge is -2.22. The van der Waals surface area contributed by atoms with Crippen LogP contribution in [0.4, 0.5) is 0 Å². The molecular formula is C24H24N2O3. The van der Waals surface area contributed by atoms with Gasteiger partial charge in [0.2, 0.25) is 5.91 Å². The van der Waals surface area contributed by atoms with Gasteiger partial charge < -0.3 is 4.42 Å². The molecule has 1 aromatic heterocycles. The number of benzene rings is 2. The van der Waals surface area contributed by atoms with Gasteiger partial charge in [0.25, 0.3) is 0 Å². The van der Waals surface area contributed by atoms with Crippen LogP contribution < -0.4 is 5.63 Å². The summed E-state index contributed by atoms with van der Waals surface area (Å²) in [5.74, 6) is 0.373. The predicted octanol–water partition coefficient (Wildman–Crippen LogP) is 5.00. The van der Waals surface area contributed by atoms with Gasteiger partial charge in [-0.1, -0.05) is 63.2 Å². The van der Waals surface area contributed by atoms with Gasteiger partial charge in [-0.15, -0.1) is 0 Å². The molecule has 0 fully saturated rings. The third-order valence-electron chi connectivity index (χ3n) is 5.41. The molecular weight excluding hydrogens is 364 g/mol. The van der Waals surface area contributed by atoms with Gasteiger partial charge in [-0.3, -0.25) is 4.79 Å². The topological polar surface area (TPSA) is 62.9 Å². The SMILES string of the molecule is CCC(=O)N1N=C(c2cc3ccccc3oc2=O)C[C@H]1c1ccc(C(C)C)cc1. The first-order valence-corrected chi connectivity index (χ1v) is 10.0. The fourth-order valence-electron chi connectivity index (χ4n) is 3.69. The molecule has 0 aliphatic carbocycles. The second kappa shape index (κ2) is 7.66.